The predicted octanol–water partition coefficient (Wildman–Crippen LogP) is 4.03. The first-order valence-corrected chi connectivity index (χ1v) is 10.8. The number of methoxy groups -OCH3 is 1. The lowest BCUT2D eigenvalue weighted by Crippen LogP contribution is -2.31. The Kier molecular flexibility index (Phi) is 7.54. The molecule has 0 unspecified atom stereocenters. The Morgan fingerprint density at radius 3 is 2.68 bits per heavy atom. The van der Waals surface area contributed by atoms with Crippen LogP contribution >= 0.6 is 24.0 Å². The van der Waals surface area contributed by atoms with E-state index in [2.05, 4.69) is 5.32 Å². The highest BCUT2D eigenvalue weighted by atomic mass is 32.2. The van der Waals surface area contributed by atoms with Crippen molar-refractivity contribution in [2.24, 2.45) is 0 Å². The molecule has 0 aromatic heterocycles. The summed E-state index contributed by atoms with van der Waals surface area (Å²) in [5, 5.41) is 12.5. The molecule has 0 saturated carbocycles. The summed E-state index contributed by atoms with van der Waals surface area (Å²) >= 11 is 6.49. The number of hydrogen-bond acceptors (Lipinski definition) is 7. The van der Waals surface area contributed by atoms with Crippen LogP contribution in [0.15, 0.2) is 47.4 Å². The summed E-state index contributed by atoms with van der Waals surface area (Å²) < 4.78 is 10.9. The molecule has 0 bridgehead atoms. The number of phenols is 1. The third-order valence-electron chi connectivity index (χ3n) is 4.39. The van der Waals surface area contributed by atoms with Crippen LogP contribution in [0.25, 0.3) is 6.08 Å². The molecule has 2 aromatic rings. The number of amides is 2. The maximum absolute atomic E-state index is 12.7. The topological polar surface area (TPSA) is 88.1 Å². The van der Waals surface area contributed by atoms with E-state index in [-0.39, 0.29) is 30.5 Å². The van der Waals surface area contributed by atoms with Gasteiger partial charge in [0.15, 0.2) is 11.5 Å². The molecule has 9 heteroatoms. The maximum Gasteiger partial charge on any atom is 0.266 e. The van der Waals surface area contributed by atoms with Crippen molar-refractivity contribution in [1.29, 1.82) is 0 Å². The molecule has 1 fully saturated rings. The van der Waals surface area contributed by atoms with Crippen LogP contribution in [-0.4, -0.2) is 46.4 Å². The molecule has 0 radical (unpaired) electrons. The zero-order valence-corrected chi connectivity index (χ0v) is 18.7. The smallest absolute Gasteiger partial charge is 0.266 e. The van der Waals surface area contributed by atoms with Gasteiger partial charge in [0.25, 0.3) is 5.91 Å². The number of carbonyl (C=O) groups is 2. The molecule has 2 amide bonds. The number of thioether (sulfide) groups is 1. The zero-order chi connectivity index (χ0) is 22.4. The Balaban J connectivity index is 1.59. The molecule has 0 aliphatic carbocycles. The second-order valence-electron chi connectivity index (χ2n) is 6.52. The highest BCUT2D eigenvalue weighted by molar-refractivity contribution is 8.26. The Morgan fingerprint density at radius 2 is 2.00 bits per heavy atom. The fourth-order valence-corrected chi connectivity index (χ4v) is 4.17. The van der Waals surface area contributed by atoms with Crippen LogP contribution in [-0.2, 0) is 9.59 Å². The molecule has 2 N–H and O–H groups in total. The van der Waals surface area contributed by atoms with Gasteiger partial charge in [0.05, 0.1) is 18.6 Å². The average Bonchev–Trinajstić information content (AvgIpc) is 3.02. The van der Waals surface area contributed by atoms with E-state index in [0.717, 1.165) is 5.75 Å². The molecular weight excluding hydrogens is 436 g/mol. The van der Waals surface area contributed by atoms with Crippen molar-refractivity contribution in [2.75, 3.05) is 25.6 Å². The first-order valence-electron chi connectivity index (χ1n) is 9.56. The fourth-order valence-electron chi connectivity index (χ4n) is 2.87. The molecule has 2 aromatic carbocycles. The number of aromatic hydroxyl groups is 1. The van der Waals surface area contributed by atoms with E-state index >= 15 is 0 Å². The zero-order valence-electron chi connectivity index (χ0n) is 17.1. The molecule has 162 valence electrons. The Morgan fingerprint density at radius 1 is 1.26 bits per heavy atom. The van der Waals surface area contributed by atoms with Gasteiger partial charge in [0.2, 0.25) is 5.91 Å². The molecule has 1 saturated heterocycles. The van der Waals surface area contributed by atoms with E-state index in [4.69, 9.17) is 21.7 Å². The lowest BCUT2D eigenvalue weighted by molar-refractivity contribution is -0.122. The van der Waals surface area contributed by atoms with Crippen LogP contribution in [0.1, 0.15) is 18.9 Å². The SMILES string of the molecule is CCOc1ccc(NC(=O)CCN2C(=O)/C(=C/c3ccc(O)c(OC)c3)SC2=S)cc1. The number of carbonyl (C=O) groups excluding carboxylic acids is 2. The Labute approximate surface area is 190 Å². The first kappa shape index (κ1) is 22.6. The summed E-state index contributed by atoms with van der Waals surface area (Å²) in [6, 6.07) is 11.9. The van der Waals surface area contributed by atoms with E-state index in [9.17, 15) is 14.7 Å². The minimum atomic E-state index is -0.254. The molecule has 3 rings (SSSR count). The number of ether oxygens (including phenoxy) is 2. The van der Waals surface area contributed by atoms with Gasteiger partial charge < -0.3 is 19.9 Å². The van der Waals surface area contributed by atoms with Gasteiger partial charge in [-0.3, -0.25) is 14.5 Å². The number of phenolic OH excluding ortho intramolecular Hbond substituents is 1. The highest BCUT2D eigenvalue weighted by Crippen LogP contribution is 2.34. The normalized spacial score (nSPS) is 14.8. The Bertz CT molecular complexity index is 1020. The van der Waals surface area contributed by atoms with Crippen LogP contribution in [0.4, 0.5) is 5.69 Å². The maximum atomic E-state index is 12.7. The molecule has 7 nitrogen and oxygen atoms in total. The predicted molar refractivity (Wildman–Crippen MR) is 125 cm³/mol. The van der Waals surface area contributed by atoms with Crippen LogP contribution < -0.4 is 14.8 Å². The van der Waals surface area contributed by atoms with Crippen molar-refractivity contribution < 1.29 is 24.2 Å². The minimum absolute atomic E-state index is 0.0192. The van der Waals surface area contributed by atoms with E-state index in [1.807, 2.05) is 6.92 Å². The first-order chi connectivity index (χ1) is 14.9. The summed E-state index contributed by atoms with van der Waals surface area (Å²) in [5.74, 6) is 0.596. The molecule has 1 aliphatic rings. The van der Waals surface area contributed by atoms with Crippen LogP contribution in [0.3, 0.4) is 0 Å². The van der Waals surface area contributed by atoms with Crippen LogP contribution in [0.2, 0.25) is 0 Å². The van der Waals surface area contributed by atoms with E-state index in [0.29, 0.717) is 32.8 Å². The van der Waals surface area contributed by atoms with Gasteiger partial charge >= 0.3 is 0 Å². The van der Waals surface area contributed by atoms with Crippen molar-refractivity contribution in [3.05, 3.63) is 52.9 Å². The van der Waals surface area contributed by atoms with Gasteiger partial charge in [0.1, 0.15) is 10.1 Å². The van der Waals surface area contributed by atoms with Crippen molar-refractivity contribution in [1.82, 2.24) is 4.90 Å². The summed E-state index contributed by atoms with van der Waals surface area (Å²) in [7, 11) is 1.46. The summed E-state index contributed by atoms with van der Waals surface area (Å²) in [6.45, 7) is 2.66. The van der Waals surface area contributed by atoms with Crippen molar-refractivity contribution in [3.63, 3.8) is 0 Å². The number of anilines is 1. The van der Waals surface area contributed by atoms with Crippen LogP contribution in [0.5, 0.6) is 17.2 Å². The average molecular weight is 459 g/mol. The highest BCUT2D eigenvalue weighted by Gasteiger charge is 2.32. The van der Waals surface area contributed by atoms with E-state index in [1.165, 1.54) is 29.8 Å². The number of benzene rings is 2. The van der Waals surface area contributed by atoms with Crippen molar-refractivity contribution in [2.45, 2.75) is 13.3 Å². The van der Waals surface area contributed by atoms with E-state index in [1.54, 1.807) is 42.5 Å². The fraction of sp³-hybridized carbons (Fsp3) is 0.227. The monoisotopic (exact) mass is 458 g/mol. The number of nitrogens with zero attached hydrogens (tertiary/aromatic N) is 1. The van der Waals surface area contributed by atoms with Gasteiger partial charge in [-0.05, 0) is 55.0 Å². The van der Waals surface area contributed by atoms with Gasteiger partial charge in [-0.15, -0.1) is 0 Å². The van der Waals surface area contributed by atoms with Crippen molar-refractivity contribution >= 4 is 51.9 Å². The van der Waals surface area contributed by atoms with Gasteiger partial charge in [0, 0.05) is 18.7 Å². The molecule has 0 spiro atoms. The molecule has 31 heavy (non-hydrogen) atoms. The van der Waals surface area contributed by atoms with Crippen LogP contribution in [0, 0.1) is 0 Å². The largest absolute Gasteiger partial charge is 0.504 e. The van der Waals surface area contributed by atoms with Gasteiger partial charge in [-0.2, -0.15) is 0 Å². The number of nitrogens with one attached hydrogen (secondary N) is 1. The summed E-state index contributed by atoms with van der Waals surface area (Å²) in [4.78, 5) is 26.9. The van der Waals surface area contributed by atoms with Gasteiger partial charge in [-0.1, -0.05) is 30.0 Å². The second kappa shape index (κ2) is 10.3. The third kappa shape index (κ3) is 5.77. The second-order valence-corrected chi connectivity index (χ2v) is 8.20. The lowest BCUT2D eigenvalue weighted by Gasteiger charge is -2.14. The number of thiocarbonyl (C=S) groups is 1. The van der Waals surface area contributed by atoms with Crippen molar-refractivity contribution in [3.8, 4) is 17.2 Å². The lowest BCUT2D eigenvalue weighted by atomic mass is 10.2. The number of hydrogen-bond donors (Lipinski definition) is 2. The van der Waals surface area contributed by atoms with Gasteiger partial charge in [-0.25, -0.2) is 0 Å². The Hall–Kier alpha value is -3.04. The summed E-state index contributed by atoms with van der Waals surface area (Å²) in [5.41, 5.74) is 1.35. The number of rotatable bonds is 8. The molecule has 0 atom stereocenters. The molecular formula is C22H22N2O5S2. The minimum Gasteiger partial charge on any atom is -0.504 e. The molecule has 1 heterocycles. The van der Waals surface area contributed by atoms with E-state index < -0.39 is 0 Å². The summed E-state index contributed by atoms with van der Waals surface area (Å²) in [6.07, 6.45) is 1.79. The quantitative estimate of drug-likeness (QED) is 0.456. The third-order valence-corrected chi connectivity index (χ3v) is 5.76. The molecule has 1 aliphatic heterocycles. The standard InChI is InChI=1S/C22H22N2O5S2/c1-3-29-16-7-5-15(6-8-16)23-20(26)10-11-24-21(27)19(31-22(24)30)13-14-4-9-17(25)18(12-14)28-2/h4-9,12-13,25H,3,10-11H2,1-2H3,(H,23,26)/b19-13-.